The van der Waals surface area contributed by atoms with Gasteiger partial charge in [0.05, 0.1) is 0 Å². The van der Waals surface area contributed by atoms with E-state index in [2.05, 4.69) is 45.4 Å². The zero-order valence-corrected chi connectivity index (χ0v) is 9.71. The highest BCUT2D eigenvalue weighted by molar-refractivity contribution is 9.10. The van der Waals surface area contributed by atoms with Gasteiger partial charge in [-0.25, -0.2) is 0 Å². The van der Waals surface area contributed by atoms with E-state index in [-0.39, 0.29) is 0 Å². The van der Waals surface area contributed by atoms with E-state index in [0.717, 1.165) is 10.2 Å². The van der Waals surface area contributed by atoms with E-state index in [1.807, 2.05) is 17.8 Å². The van der Waals surface area contributed by atoms with Crippen LogP contribution in [0.2, 0.25) is 0 Å². The molecule has 0 radical (unpaired) electrons. The van der Waals surface area contributed by atoms with E-state index < -0.39 is 0 Å². The number of fused-ring (bicyclic) bond motifs is 1. The number of aromatic amines is 1. The molecule has 0 aliphatic heterocycles. The van der Waals surface area contributed by atoms with Crippen LogP contribution < -0.4 is 0 Å². The normalized spacial score (nSPS) is 10.9. The highest BCUT2D eigenvalue weighted by Gasteiger charge is 2.02. The minimum absolute atomic E-state index is 1.04. The third kappa shape index (κ3) is 1.76. The molecule has 1 aromatic heterocycles. The highest BCUT2D eigenvalue weighted by Crippen LogP contribution is 2.25. The van der Waals surface area contributed by atoms with Crippen molar-refractivity contribution in [2.45, 2.75) is 5.75 Å². The molecule has 0 aliphatic carbocycles. The molecule has 13 heavy (non-hydrogen) atoms. The second-order valence-electron chi connectivity index (χ2n) is 2.93. The van der Waals surface area contributed by atoms with Crippen LogP contribution in [0.4, 0.5) is 0 Å². The van der Waals surface area contributed by atoms with Crippen LogP contribution in [-0.2, 0) is 5.75 Å². The molecule has 0 saturated heterocycles. The Morgan fingerprint density at radius 1 is 1.46 bits per heavy atom. The van der Waals surface area contributed by atoms with Crippen LogP contribution in [0.15, 0.2) is 28.7 Å². The monoisotopic (exact) mass is 255 g/mol. The average molecular weight is 256 g/mol. The smallest absolute Gasteiger partial charge is 0.0467 e. The summed E-state index contributed by atoms with van der Waals surface area (Å²) in [7, 11) is 0. The Labute approximate surface area is 90.0 Å². The molecular formula is C10H10BrNS. The molecule has 0 unspecified atom stereocenters. The van der Waals surface area contributed by atoms with Gasteiger partial charge in [0, 0.05) is 26.8 Å². The third-order valence-corrected chi connectivity index (χ3v) is 3.26. The van der Waals surface area contributed by atoms with Gasteiger partial charge < -0.3 is 4.98 Å². The molecule has 3 heteroatoms. The molecule has 0 saturated carbocycles. The van der Waals surface area contributed by atoms with Gasteiger partial charge in [-0.1, -0.05) is 22.0 Å². The molecule has 0 aliphatic rings. The van der Waals surface area contributed by atoms with E-state index in [1.165, 1.54) is 16.6 Å². The number of rotatable bonds is 2. The van der Waals surface area contributed by atoms with Gasteiger partial charge in [0.15, 0.2) is 0 Å². The number of hydrogen-bond acceptors (Lipinski definition) is 1. The molecule has 1 nitrogen and oxygen atoms in total. The van der Waals surface area contributed by atoms with Gasteiger partial charge in [-0.15, -0.1) is 0 Å². The summed E-state index contributed by atoms with van der Waals surface area (Å²) >= 11 is 5.36. The highest BCUT2D eigenvalue weighted by atomic mass is 79.9. The SMILES string of the molecule is CSCc1cc2c(Br)cccc2[nH]1. The number of halogens is 1. The van der Waals surface area contributed by atoms with Crippen molar-refractivity contribution in [1.29, 1.82) is 0 Å². The Kier molecular flexibility index (Phi) is 2.65. The van der Waals surface area contributed by atoms with Crippen LogP contribution in [0.25, 0.3) is 10.9 Å². The summed E-state index contributed by atoms with van der Waals surface area (Å²) in [6, 6.07) is 8.42. The van der Waals surface area contributed by atoms with Gasteiger partial charge in [0.2, 0.25) is 0 Å². The molecule has 1 heterocycles. The molecule has 0 amide bonds. The van der Waals surface area contributed by atoms with Crippen molar-refractivity contribution in [3.8, 4) is 0 Å². The van der Waals surface area contributed by atoms with E-state index in [4.69, 9.17) is 0 Å². The maximum atomic E-state index is 3.53. The fraction of sp³-hybridized carbons (Fsp3) is 0.200. The van der Waals surface area contributed by atoms with Crippen molar-refractivity contribution in [3.63, 3.8) is 0 Å². The van der Waals surface area contributed by atoms with Crippen molar-refractivity contribution in [2.75, 3.05) is 6.26 Å². The summed E-state index contributed by atoms with van der Waals surface area (Å²) < 4.78 is 1.16. The molecule has 1 aromatic carbocycles. The van der Waals surface area contributed by atoms with Gasteiger partial charge in [-0.05, 0) is 24.5 Å². The molecule has 0 fully saturated rings. The predicted molar refractivity (Wildman–Crippen MR) is 63.2 cm³/mol. The van der Waals surface area contributed by atoms with Crippen LogP contribution >= 0.6 is 27.7 Å². The summed E-state index contributed by atoms with van der Waals surface area (Å²) in [5.41, 5.74) is 2.49. The summed E-state index contributed by atoms with van der Waals surface area (Å²) in [6.45, 7) is 0. The minimum Gasteiger partial charge on any atom is -0.358 e. The van der Waals surface area contributed by atoms with Crippen molar-refractivity contribution in [3.05, 3.63) is 34.4 Å². The van der Waals surface area contributed by atoms with E-state index in [9.17, 15) is 0 Å². The Morgan fingerprint density at radius 3 is 3.00 bits per heavy atom. The van der Waals surface area contributed by atoms with Gasteiger partial charge in [-0.2, -0.15) is 11.8 Å². The molecular weight excluding hydrogens is 246 g/mol. The Bertz CT molecular complexity index is 422. The zero-order chi connectivity index (χ0) is 9.26. The number of aromatic nitrogens is 1. The van der Waals surface area contributed by atoms with Crippen molar-refractivity contribution >= 4 is 38.6 Å². The van der Waals surface area contributed by atoms with Gasteiger partial charge in [-0.3, -0.25) is 0 Å². The summed E-state index contributed by atoms with van der Waals surface area (Å²) in [5.74, 6) is 1.04. The van der Waals surface area contributed by atoms with Crippen LogP contribution in [0.3, 0.4) is 0 Å². The maximum absolute atomic E-state index is 3.53. The largest absolute Gasteiger partial charge is 0.358 e. The quantitative estimate of drug-likeness (QED) is 0.864. The van der Waals surface area contributed by atoms with Crippen LogP contribution in [0.5, 0.6) is 0 Å². The number of nitrogens with one attached hydrogen (secondary N) is 1. The van der Waals surface area contributed by atoms with Crippen LogP contribution in [-0.4, -0.2) is 11.2 Å². The van der Waals surface area contributed by atoms with Crippen LogP contribution in [0.1, 0.15) is 5.69 Å². The number of H-pyrrole nitrogens is 1. The van der Waals surface area contributed by atoms with Crippen molar-refractivity contribution in [2.24, 2.45) is 0 Å². The number of hydrogen-bond donors (Lipinski definition) is 1. The summed E-state index contributed by atoms with van der Waals surface area (Å²) in [4.78, 5) is 3.39. The molecule has 2 rings (SSSR count). The second-order valence-corrected chi connectivity index (χ2v) is 4.65. The molecule has 68 valence electrons. The fourth-order valence-corrected chi connectivity index (χ4v) is 2.36. The summed E-state index contributed by atoms with van der Waals surface area (Å²) in [6.07, 6.45) is 2.11. The molecule has 0 spiro atoms. The first-order valence-corrected chi connectivity index (χ1v) is 6.25. The van der Waals surface area contributed by atoms with Crippen LogP contribution in [0, 0.1) is 0 Å². The Hall–Kier alpha value is -0.410. The molecule has 0 bridgehead atoms. The predicted octanol–water partition coefficient (Wildman–Crippen LogP) is 3.79. The number of thioether (sulfide) groups is 1. The Morgan fingerprint density at radius 2 is 2.31 bits per heavy atom. The lowest BCUT2D eigenvalue weighted by molar-refractivity contribution is 1.27. The molecule has 0 atom stereocenters. The Balaban J connectivity index is 2.55. The summed E-state index contributed by atoms with van der Waals surface area (Å²) in [5, 5.41) is 1.27. The van der Waals surface area contributed by atoms with E-state index >= 15 is 0 Å². The second kappa shape index (κ2) is 3.76. The first-order valence-electron chi connectivity index (χ1n) is 4.06. The zero-order valence-electron chi connectivity index (χ0n) is 7.30. The van der Waals surface area contributed by atoms with Crippen molar-refractivity contribution in [1.82, 2.24) is 4.98 Å². The third-order valence-electron chi connectivity index (χ3n) is 1.97. The van der Waals surface area contributed by atoms with Crippen molar-refractivity contribution < 1.29 is 0 Å². The lowest BCUT2D eigenvalue weighted by Crippen LogP contribution is -1.75. The van der Waals surface area contributed by atoms with Gasteiger partial charge in [0.25, 0.3) is 0 Å². The average Bonchev–Trinajstić information content (AvgIpc) is 2.49. The van der Waals surface area contributed by atoms with Gasteiger partial charge in [0.1, 0.15) is 0 Å². The first kappa shape index (κ1) is 9.16. The minimum atomic E-state index is 1.04. The lowest BCUT2D eigenvalue weighted by atomic mass is 10.2. The number of benzene rings is 1. The lowest BCUT2D eigenvalue weighted by Gasteiger charge is -1.90. The fourth-order valence-electron chi connectivity index (χ4n) is 1.41. The standard InChI is InChI=1S/C10H10BrNS/c1-13-6-7-5-8-9(11)3-2-4-10(8)12-7/h2-5,12H,6H2,1H3. The molecule has 2 aromatic rings. The van der Waals surface area contributed by atoms with E-state index in [1.54, 1.807) is 0 Å². The topological polar surface area (TPSA) is 15.8 Å². The van der Waals surface area contributed by atoms with E-state index in [0.29, 0.717) is 0 Å². The molecule has 1 N–H and O–H groups in total. The first-order chi connectivity index (χ1) is 6.31. The maximum Gasteiger partial charge on any atom is 0.0467 e. The van der Waals surface area contributed by atoms with Gasteiger partial charge >= 0.3 is 0 Å².